The van der Waals surface area contributed by atoms with Gasteiger partial charge in [0.15, 0.2) is 6.29 Å². The quantitative estimate of drug-likeness (QED) is 0.516. The zero-order valence-electron chi connectivity index (χ0n) is 7.70. The number of rotatable bonds is 2. The molecule has 2 heteroatoms. The monoisotopic (exact) mass is 182 g/mol. The van der Waals surface area contributed by atoms with Gasteiger partial charge in [0.25, 0.3) is 0 Å². The van der Waals surface area contributed by atoms with Crippen LogP contribution in [0.15, 0.2) is 29.2 Å². The molecule has 0 heterocycles. The molecule has 0 N–H and O–H groups in total. The Bertz CT molecular complexity index is 233. The van der Waals surface area contributed by atoms with Crippen molar-refractivity contribution in [3.05, 3.63) is 29.8 Å². The molecular formula is C10H14OS. The first-order valence-corrected chi connectivity index (χ1v) is 5.19. The number of hydrogen-bond acceptors (Lipinski definition) is 2. The van der Waals surface area contributed by atoms with Crippen molar-refractivity contribution in [2.45, 2.75) is 18.7 Å². The molecule has 1 rings (SSSR count). The lowest BCUT2D eigenvalue weighted by Crippen LogP contribution is -1.81. The maximum atomic E-state index is 10.4. The molecule has 12 heavy (non-hydrogen) atoms. The molecule has 0 saturated heterocycles. The molecule has 1 nitrogen and oxygen atoms in total. The summed E-state index contributed by atoms with van der Waals surface area (Å²) in [6.45, 7) is 4.00. The SMILES string of the molecule is CC.CSc1ccccc1C=O. The fraction of sp³-hybridized carbons (Fsp3) is 0.300. The smallest absolute Gasteiger partial charge is 0.151 e. The molecule has 0 atom stereocenters. The summed E-state index contributed by atoms with van der Waals surface area (Å²) in [6.07, 6.45) is 2.84. The van der Waals surface area contributed by atoms with Gasteiger partial charge in [-0.05, 0) is 12.3 Å². The van der Waals surface area contributed by atoms with Crippen molar-refractivity contribution < 1.29 is 4.79 Å². The summed E-state index contributed by atoms with van der Waals surface area (Å²) in [5.41, 5.74) is 0.773. The Kier molecular flexibility index (Phi) is 6.48. The highest BCUT2D eigenvalue weighted by Crippen LogP contribution is 2.17. The molecule has 0 saturated carbocycles. The highest BCUT2D eigenvalue weighted by atomic mass is 32.2. The Morgan fingerprint density at radius 2 is 1.83 bits per heavy atom. The minimum atomic E-state index is 0.773. The Morgan fingerprint density at radius 3 is 2.25 bits per heavy atom. The van der Waals surface area contributed by atoms with Crippen LogP contribution in [0.1, 0.15) is 24.2 Å². The van der Waals surface area contributed by atoms with Crippen LogP contribution in [0.4, 0.5) is 0 Å². The van der Waals surface area contributed by atoms with Gasteiger partial charge in [0.1, 0.15) is 0 Å². The van der Waals surface area contributed by atoms with Crippen molar-refractivity contribution in [2.75, 3.05) is 6.26 Å². The summed E-state index contributed by atoms with van der Waals surface area (Å²) in [5, 5.41) is 0. The molecule has 0 radical (unpaired) electrons. The van der Waals surface area contributed by atoms with E-state index in [0.29, 0.717) is 0 Å². The zero-order chi connectivity index (χ0) is 9.40. The van der Waals surface area contributed by atoms with E-state index in [1.807, 2.05) is 44.4 Å². The normalized spacial score (nSPS) is 8.25. The molecule has 66 valence electrons. The van der Waals surface area contributed by atoms with Gasteiger partial charge >= 0.3 is 0 Å². The van der Waals surface area contributed by atoms with Crippen molar-refractivity contribution in [1.82, 2.24) is 0 Å². The molecule has 0 spiro atoms. The topological polar surface area (TPSA) is 17.1 Å². The van der Waals surface area contributed by atoms with Crippen LogP contribution < -0.4 is 0 Å². The van der Waals surface area contributed by atoms with E-state index in [0.717, 1.165) is 16.7 Å². The number of carbonyl (C=O) groups excluding carboxylic acids is 1. The lowest BCUT2D eigenvalue weighted by atomic mass is 10.2. The number of carbonyl (C=O) groups is 1. The molecule has 1 aromatic rings. The van der Waals surface area contributed by atoms with Crippen LogP contribution in [0.25, 0.3) is 0 Å². The predicted molar refractivity (Wildman–Crippen MR) is 55.0 cm³/mol. The molecule has 0 fully saturated rings. The molecular weight excluding hydrogens is 168 g/mol. The van der Waals surface area contributed by atoms with E-state index in [-0.39, 0.29) is 0 Å². The average Bonchev–Trinajstić information content (AvgIpc) is 2.20. The van der Waals surface area contributed by atoms with E-state index in [4.69, 9.17) is 0 Å². The van der Waals surface area contributed by atoms with E-state index in [1.165, 1.54) is 0 Å². The molecule has 1 aromatic carbocycles. The van der Waals surface area contributed by atoms with Crippen LogP contribution in [0.5, 0.6) is 0 Å². The fourth-order valence-corrected chi connectivity index (χ4v) is 1.33. The van der Waals surface area contributed by atoms with Gasteiger partial charge in [-0.25, -0.2) is 0 Å². The minimum Gasteiger partial charge on any atom is -0.298 e. The van der Waals surface area contributed by atoms with Crippen molar-refractivity contribution in [3.63, 3.8) is 0 Å². The number of benzene rings is 1. The minimum absolute atomic E-state index is 0.773. The third kappa shape index (κ3) is 3.09. The second-order valence-corrected chi connectivity index (χ2v) is 2.71. The molecule has 0 bridgehead atoms. The maximum absolute atomic E-state index is 10.4. The molecule has 0 unspecified atom stereocenters. The third-order valence-electron chi connectivity index (χ3n) is 1.27. The van der Waals surface area contributed by atoms with Gasteiger partial charge in [0, 0.05) is 10.5 Å². The lowest BCUT2D eigenvalue weighted by Gasteiger charge is -1.96. The van der Waals surface area contributed by atoms with Crippen LogP contribution in [0.2, 0.25) is 0 Å². The maximum Gasteiger partial charge on any atom is 0.151 e. The average molecular weight is 182 g/mol. The summed E-state index contributed by atoms with van der Waals surface area (Å²) in [4.78, 5) is 11.4. The summed E-state index contributed by atoms with van der Waals surface area (Å²) in [7, 11) is 0. The first-order valence-electron chi connectivity index (χ1n) is 3.96. The summed E-state index contributed by atoms with van der Waals surface area (Å²) in [6, 6.07) is 7.55. The van der Waals surface area contributed by atoms with Crippen molar-refractivity contribution in [1.29, 1.82) is 0 Å². The van der Waals surface area contributed by atoms with Crippen molar-refractivity contribution >= 4 is 18.0 Å². The highest BCUT2D eigenvalue weighted by molar-refractivity contribution is 7.98. The second-order valence-electron chi connectivity index (χ2n) is 1.86. The van der Waals surface area contributed by atoms with Crippen LogP contribution in [0.3, 0.4) is 0 Å². The van der Waals surface area contributed by atoms with Crippen molar-refractivity contribution in [2.24, 2.45) is 0 Å². The van der Waals surface area contributed by atoms with Gasteiger partial charge in [-0.1, -0.05) is 32.0 Å². The Balaban J connectivity index is 0.000000561. The van der Waals surface area contributed by atoms with E-state index in [9.17, 15) is 4.79 Å². The Labute approximate surface area is 78.2 Å². The summed E-state index contributed by atoms with van der Waals surface area (Å²) in [5.74, 6) is 0. The van der Waals surface area contributed by atoms with Gasteiger partial charge < -0.3 is 0 Å². The second kappa shape index (κ2) is 6.92. The van der Waals surface area contributed by atoms with Gasteiger partial charge in [-0.2, -0.15) is 0 Å². The Hall–Kier alpha value is -0.760. The fourth-order valence-electron chi connectivity index (χ4n) is 0.764. The van der Waals surface area contributed by atoms with Gasteiger partial charge in [0.05, 0.1) is 0 Å². The molecule has 0 aliphatic carbocycles. The third-order valence-corrected chi connectivity index (χ3v) is 2.08. The van der Waals surface area contributed by atoms with E-state index in [1.54, 1.807) is 11.8 Å². The van der Waals surface area contributed by atoms with Crippen molar-refractivity contribution in [3.8, 4) is 0 Å². The molecule has 0 amide bonds. The van der Waals surface area contributed by atoms with Gasteiger partial charge in [-0.15, -0.1) is 11.8 Å². The van der Waals surface area contributed by atoms with Crippen LogP contribution in [0, 0.1) is 0 Å². The highest BCUT2D eigenvalue weighted by Gasteiger charge is 1.95. The van der Waals surface area contributed by atoms with Crippen LogP contribution >= 0.6 is 11.8 Å². The largest absolute Gasteiger partial charge is 0.298 e. The summed E-state index contributed by atoms with van der Waals surface area (Å²) < 4.78 is 0. The molecule has 0 aliphatic heterocycles. The first kappa shape index (κ1) is 11.2. The summed E-state index contributed by atoms with van der Waals surface area (Å²) >= 11 is 1.59. The van der Waals surface area contributed by atoms with Crippen LogP contribution in [-0.2, 0) is 0 Å². The van der Waals surface area contributed by atoms with E-state index < -0.39 is 0 Å². The first-order chi connectivity index (χ1) is 5.88. The zero-order valence-corrected chi connectivity index (χ0v) is 8.52. The number of hydrogen-bond donors (Lipinski definition) is 0. The number of thioether (sulfide) groups is 1. The van der Waals surface area contributed by atoms with Gasteiger partial charge in [0.2, 0.25) is 0 Å². The molecule has 0 aromatic heterocycles. The lowest BCUT2D eigenvalue weighted by molar-refractivity contribution is 0.112. The standard InChI is InChI=1S/C8H8OS.C2H6/c1-10-8-5-3-2-4-7(8)6-9;1-2/h2-6H,1H3;1-2H3. The van der Waals surface area contributed by atoms with Gasteiger partial charge in [-0.3, -0.25) is 4.79 Å². The number of aldehydes is 1. The van der Waals surface area contributed by atoms with E-state index in [2.05, 4.69) is 0 Å². The predicted octanol–water partition coefficient (Wildman–Crippen LogP) is 3.25. The van der Waals surface area contributed by atoms with E-state index >= 15 is 0 Å². The van der Waals surface area contributed by atoms with Crippen LogP contribution in [-0.4, -0.2) is 12.5 Å². The Morgan fingerprint density at radius 1 is 1.25 bits per heavy atom. The molecule has 0 aliphatic rings.